The lowest BCUT2D eigenvalue weighted by atomic mass is 10.3. The summed E-state index contributed by atoms with van der Waals surface area (Å²) in [5.74, 6) is -0.233. The van der Waals surface area contributed by atoms with Gasteiger partial charge < -0.3 is 20.7 Å². The van der Waals surface area contributed by atoms with Gasteiger partial charge in [-0.3, -0.25) is 14.2 Å². The lowest BCUT2D eigenvalue weighted by Crippen LogP contribution is -2.49. The molecular formula is C19H27N5O4S. The Kier molecular flexibility index (Phi) is 7.10. The fourth-order valence-electron chi connectivity index (χ4n) is 3.26. The first kappa shape index (κ1) is 21.1. The molecule has 0 radical (unpaired) electrons. The maximum Gasteiger partial charge on any atom is 0.333 e. The van der Waals surface area contributed by atoms with Crippen molar-refractivity contribution in [3.05, 3.63) is 43.2 Å². The summed E-state index contributed by atoms with van der Waals surface area (Å²) in [7, 11) is 0. The largest absolute Gasteiger partial charge is 0.383 e. The van der Waals surface area contributed by atoms with Gasteiger partial charge in [-0.05, 0) is 17.9 Å². The van der Waals surface area contributed by atoms with E-state index in [1.54, 1.807) is 0 Å². The summed E-state index contributed by atoms with van der Waals surface area (Å²) in [6.07, 6.45) is 1.62. The van der Waals surface area contributed by atoms with Gasteiger partial charge in [0.15, 0.2) is 0 Å². The van der Waals surface area contributed by atoms with E-state index in [1.165, 1.54) is 15.9 Å². The second-order valence-corrected chi connectivity index (χ2v) is 7.90. The van der Waals surface area contributed by atoms with E-state index in [0.717, 1.165) is 22.3 Å². The van der Waals surface area contributed by atoms with E-state index in [-0.39, 0.29) is 18.1 Å². The summed E-state index contributed by atoms with van der Waals surface area (Å²) in [5, 5.41) is 4.69. The Morgan fingerprint density at radius 3 is 2.69 bits per heavy atom. The molecule has 1 aliphatic heterocycles. The number of carbonyl (C=O) groups is 1. The van der Waals surface area contributed by atoms with E-state index in [4.69, 9.17) is 10.5 Å². The molecule has 3 rings (SSSR count). The van der Waals surface area contributed by atoms with Crippen LogP contribution in [-0.2, 0) is 29.2 Å². The Morgan fingerprint density at radius 1 is 1.28 bits per heavy atom. The number of nitrogens with zero attached hydrogens (tertiary/aromatic N) is 3. The minimum atomic E-state index is -0.552. The van der Waals surface area contributed by atoms with Crippen molar-refractivity contribution in [1.82, 2.24) is 14.5 Å². The Bertz CT molecular complexity index is 945. The highest BCUT2D eigenvalue weighted by atomic mass is 32.1. The molecule has 29 heavy (non-hydrogen) atoms. The highest BCUT2D eigenvalue weighted by molar-refractivity contribution is 7.09. The van der Waals surface area contributed by atoms with E-state index >= 15 is 0 Å². The molecular weight excluding hydrogens is 394 g/mol. The van der Waals surface area contributed by atoms with Crippen LogP contribution in [0, 0.1) is 0 Å². The van der Waals surface area contributed by atoms with Crippen molar-refractivity contribution >= 4 is 28.7 Å². The second-order valence-electron chi connectivity index (χ2n) is 6.87. The molecule has 1 amide bonds. The van der Waals surface area contributed by atoms with Crippen molar-refractivity contribution in [2.45, 2.75) is 39.4 Å². The third-order valence-electron chi connectivity index (χ3n) is 4.85. The molecule has 2 aromatic rings. The quantitative estimate of drug-likeness (QED) is 0.646. The van der Waals surface area contributed by atoms with Crippen LogP contribution in [0.15, 0.2) is 27.1 Å². The zero-order valence-corrected chi connectivity index (χ0v) is 17.4. The van der Waals surface area contributed by atoms with Crippen molar-refractivity contribution in [3.8, 4) is 0 Å². The van der Waals surface area contributed by atoms with Gasteiger partial charge in [0.2, 0.25) is 5.91 Å². The van der Waals surface area contributed by atoms with Gasteiger partial charge in [-0.25, -0.2) is 9.36 Å². The number of hydrogen-bond acceptors (Lipinski definition) is 7. The van der Waals surface area contributed by atoms with Crippen LogP contribution < -0.4 is 27.2 Å². The first-order valence-corrected chi connectivity index (χ1v) is 10.7. The lowest BCUT2D eigenvalue weighted by molar-refractivity contribution is -0.121. The van der Waals surface area contributed by atoms with Crippen LogP contribution in [-0.4, -0.2) is 41.3 Å². The highest BCUT2D eigenvalue weighted by Crippen LogP contribution is 2.18. The molecule has 0 spiro atoms. The number of rotatable bonds is 8. The maximum absolute atomic E-state index is 13.1. The first-order chi connectivity index (χ1) is 14.0. The van der Waals surface area contributed by atoms with Gasteiger partial charge >= 0.3 is 5.69 Å². The number of ether oxygens (including phenoxy) is 1. The monoisotopic (exact) mass is 421 g/mol. The number of hydrogen-bond donors (Lipinski definition) is 2. The van der Waals surface area contributed by atoms with Crippen LogP contribution >= 0.6 is 11.3 Å². The van der Waals surface area contributed by atoms with Crippen LogP contribution in [0.3, 0.4) is 0 Å². The second kappa shape index (κ2) is 9.75. The molecule has 3 heterocycles. The number of carbonyl (C=O) groups excluding carboxylic acids is 1. The zero-order chi connectivity index (χ0) is 20.8. The first-order valence-electron chi connectivity index (χ1n) is 9.77. The van der Waals surface area contributed by atoms with Gasteiger partial charge in [-0.2, -0.15) is 0 Å². The number of anilines is 2. The molecule has 0 saturated carbocycles. The molecule has 3 N–H and O–H groups in total. The predicted octanol–water partition coefficient (Wildman–Crippen LogP) is 0.607. The average Bonchev–Trinajstić information content (AvgIpc) is 3.24. The molecule has 1 saturated heterocycles. The van der Waals surface area contributed by atoms with Gasteiger partial charge in [0.05, 0.1) is 19.8 Å². The predicted molar refractivity (Wildman–Crippen MR) is 113 cm³/mol. The SMILES string of the molecule is CCCCn1c(N)c(N2CCOCC2)c(=O)n(CC(=O)NCc2cccs2)c1=O. The fraction of sp³-hybridized carbons (Fsp3) is 0.526. The van der Waals surface area contributed by atoms with Crippen LogP contribution in [0.25, 0.3) is 0 Å². The van der Waals surface area contributed by atoms with Gasteiger partial charge in [0.1, 0.15) is 18.1 Å². The standard InChI is InChI=1S/C19H27N5O4S/c1-2-3-6-23-17(20)16(22-7-9-28-10-8-22)18(26)24(19(23)27)13-15(25)21-12-14-5-4-11-29-14/h4-5,11H,2-3,6-10,12-13,20H2,1H3,(H,21,25). The fourth-order valence-corrected chi connectivity index (χ4v) is 3.90. The third kappa shape index (κ3) is 4.88. The summed E-state index contributed by atoms with van der Waals surface area (Å²) in [6, 6.07) is 3.81. The average molecular weight is 422 g/mol. The van der Waals surface area contributed by atoms with Crippen molar-refractivity contribution in [1.29, 1.82) is 0 Å². The van der Waals surface area contributed by atoms with Gasteiger partial charge in [-0.1, -0.05) is 19.4 Å². The van der Waals surface area contributed by atoms with Crippen LogP contribution in [0.1, 0.15) is 24.6 Å². The smallest absolute Gasteiger partial charge is 0.333 e. The number of morpholine rings is 1. The highest BCUT2D eigenvalue weighted by Gasteiger charge is 2.24. The Hall–Kier alpha value is -2.59. The lowest BCUT2D eigenvalue weighted by Gasteiger charge is -2.30. The molecule has 158 valence electrons. The molecule has 1 fully saturated rings. The number of thiophene rings is 1. The molecule has 1 aliphatic rings. The van der Waals surface area contributed by atoms with Gasteiger partial charge in [0.25, 0.3) is 5.56 Å². The van der Waals surface area contributed by atoms with E-state index in [9.17, 15) is 14.4 Å². The Balaban J connectivity index is 1.92. The van der Waals surface area contributed by atoms with Crippen molar-refractivity contribution in [3.63, 3.8) is 0 Å². The van der Waals surface area contributed by atoms with E-state index in [1.807, 2.05) is 29.3 Å². The molecule has 0 aromatic carbocycles. The third-order valence-corrected chi connectivity index (χ3v) is 5.72. The Morgan fingerprint density at radius 2 is 2.03 bits per heavy atom. The molecule has 0 bridgehead atoms. The Labute approximate surface area is 172 Å². The minimum absolute atomic E-state index is 0.158. The summed E-state index contributed by atoms with van der Waals surface area (Å²) >= 11 is 1.53. The molecule has 0 unspecified atom stereocenters. The van der Waals surface area contributed by atoms with Crippen LogP contribution in [0.4, 0.5) is 11.5 Å². The van der Waals surface area contributed by atoms with Crippen LogP contribution in [0.5, 0.6) is 0 Å². The van der Waals surface area contributed by atoms with E-state index in [2.05, 4.69) is 5.32 Å². The van der Waals surface area contributed by atoms with E-state index < -0.39 is 17.2 Å². The molecule has 0 aliphatic carbocycles. The van der Waals surface area contributed by atoms with Gasteiger partial charge in [-0.15, -0.1) is 11.3 Å². The number of unbranched alkanes of at least 4 members (excludes halogenated alkanes) is 1. The molecule has 9 nitrogen and oxygen atoms in total. The van der Waals surface area contributed by atoms with Crippen LogP contribution in [0.2, 0.25) is 0 Å². The van der Waals surface area contributed by atoms with Crippen molar-refractivity contribution in [2.75, 3.05) is 36.9 Å². The summed E-state index contributed by atoms with van der Waals surface area (Å²) in [6.45, 7) is 4.41. The van der Waals surface area contributed by atoms with Gasteiger partial charge in [0, 0.05) is 24.5 Å². The van der Waals surface area contributed by atoms with E-state index in [0.29, 0.717) is 39.4 Å². The normalized spacial score (nSPS) is 14.2. The minimum Gasteiger partial charge on any atom is -0.383 e. The number of nitrogens with one attached hydrogen (secondary N) is 1. The molecule has 10 heteroatoms. The molecule has 0 atom stereocenters. The van der Waals surface area contributed by atoms with Crippen molar-refractivity contribution < 1.29 is 9.53 Å². The number of aromatic nitrogens is 2. The summed E-state index contributed by atoms with van der Waals surface area (Å²) in [5.41, 5.74) is 5.43. The zero-order valence-electron chi connectivity index (χ0n) is 16.6. The number of nitrogens with two attached hydrogens (primary N) is 1. The number of nitrogen functional groups attached to an aromatic ring is 1. The number of amides is 1. The molecule has 2 aromatic heterocycles. The van der Waals surface area contributed by atoms with Crippen molar-refractivity contribution in [2.24, 2.45) is 0 Å². The maximum atomic E-state index is 13.1. The summed E-state index contributed by atoms with van der Waals surface area (Å²) < 4.78 is 7.75. The topological polar surface area (TPSA) is 112 Å². The summed E-state index contributed by atoms with van der Waals surface area (Å²) in [4.78, 5) is 41.3.